The van der Waals surface area contributed by atoms with Crippen molar-refractivity contribution in [1.82, 2.24) is 0 Å². The number of amides is 1. The van der Waals surface area contributed by atoms with Gasteiger partial charge in [0.2, 0.25) is 0 Å². The number of rotatable bonds is 2. The fraction of sp³-hybridized carbons (Fsp3) is 0.364. The van der Waals surface area contributed by atoms with E-state index in [4.69, 9.17) is 21.4 Å². The van der Waals surface area contributed by atoms with E-state index in [9.17, 15) is 4.79 Å². The minimum atomic E-state index is -1.12. The third kappa shape index (κ3) is 3.01. The maximum absolute atomic E-state index is 10.6. The molecule has 1 aromatic rings. The summed E-state index contributed by atoms with van der Waals surface area (Å²) in [6, 6.07) is 5.31. The summed E-state index contributed by atoms with van der Waals surface area (Å²) < 4.78 is 5.26. The lowest BCUT2D eigenvalue weighted by Gasteiger charge is -2.29. The van der Waals surface area contributed by atoms with E-state index in [2.05, 4.69) is 10.2 Å². The summed E-state index contributed by atoms with van der Waals surface area (Å²) in [4.78, 5) is 12.7. The number of carbonyl (C=O) groups is 1. The Labute approximate surface area is 104 Å². The maximum Gasteiger partial charge on any atom is 0.409 e. The van der Waals surface area contributed by atoms with Crippen LogP contribution in [0.4, 0.5) is 16.2 Å². The molecule has 0 radical (unpaired) electrons. The summed E-state index contributed by atoms with van der Waals surface area (Å²) in [5.41, 5.74) is 1.35. The number of nitrogens with one attached hydrogen (secondary N) is 1. The van der Waals surface area contributed by atoms with Crippen LogP contribution in [0.25, 0.3) is 0 Å². The quantitative estimate of drug-likeness (QED) is 0.852. The van der Waals surface area contributed by atoms with Crippen LogP contribution in [-0.2, 0) is 4.74 Å². The van der Waals surface area contributed by atoms with Crippen molar-refractivity contribution < 1.29 is 14.6 Å². The first-order valence-corrected chi connectivity index (χ1v) is 5.67. The molecule has 0 saturated carbocycles. The number of carboxylic acid groups (broad SMARTS) is 1. The number of benzene rings is 1. The summed E-state index contributed by atoms with van der Waals surface area (Å²) in [5.74, 6) is 0. The summed E-state index contributed by atoms with van der Waals surface area (Å²) >= 11 is 5.91. The number of ether oxygens (including phenoxy) is 1. The van der Waals surface area contributed by atoms with Crippen LogP contribution >= 0.6 is 11.6 Å². The zero-order chi connectivity index (χ0) is 12.3. The molecule has 5 nitrogen and oxygen atoms in total. The van der Waals surface area contributed by atoms with E-state index in [1.165, 1.54) is 0 Å². The molecule has 17 heavy (non-hydrogen) atoms. The maximum atomic E-state index is 10.6. The second-order valence-electron chi connectivity index (χ2n) is 3.69. The van der Waals surface area contributed by atoms with Gasteiger partial charge >= 0.3 is 6.09 Å². The Morgan fingerprint density at radius 3 is 2.76 bits per heavy atom. The lowest BCUT2D eigenvalue weighted by Crippen LogP contribution is -2.36. The molecule has 92 valence electrons. The van der Waals surface area contributed by atoms with Crippen LogP contribution in [0.5, 0.6) is 0 Å². The van der Waals surface area contributed by atoms with Crippen molar-refractivity contribution in [2.45, 2.75) is 0 Å². The van der Waals surface area contributed by atoms with Crippen molar-refractivity contribution in [2.75, 3.05) is 36.5 Å². The Morgan fingerprint density at radius 1 is 1.41 bits per heavy atom. The Kier molecular flexibility index (Phi) is 3.71. The standard InChI is InChI=1S/C11H13ClN2O3/c12-9-2-1-8(7-10(9)13-11(15)16)14-3-5-17-6-4-14/h1-2,7,13H,3-6H2,(H,15,16). The molecule has 1 aliphatic rings. The molecular formula is C11H13ClN2O3. The van der Waals surface area contributed by atoms with E-state index in [-0.39, 0.29) is 0 Å². The second kappa shape index (κ2) is 5.25. The fourth-order valence-electron chi connectivity index (χ4n) is 1.74. The molecule has 2 N–H and O–H groups in total. The van der Waals surface area contributed by atoms with Gasteiger partial charge in [0.25, 0.3) is 0 Å². The zero-order valence-corrected chi connectivity index (χ0v) is 9.91. The van der Waals surface area contributed by atoms with Crippen LogP contribution < -0.4 is 10.2 Å². The Hall–Kier alpha value is -1.46. The highest BCUT2D eigenvalue weighted by Gasteiger charge is 2.13. The van der Waals surface area contributed by atoms with Gasteiger partial charge in [-0.15, -0.1) is 0 Å². The second-order valence-corrected chi connectivity index (χ2v) is 4.10. The van der Waals surface area contributed by atoms with Crippen LogP contribution in [0.2, 0.25) is 5.02 Å². The lowest BCUT2D eigenvalue weighted by molar-refractivity contribution is 0.122. The first-order chi connectivity index (χ1) is 8.16. The van der Waals surface area contributed by atoms with E-state index < -0.39 is 6.09 Å². The molecular weight excluding hydrogens is 244 g/mol. The molecule has 0 spiro atoms. The smallest absolute Gasteiger partial charge is 0.409 e. The number of morpholine rings is 1. The molecule has 1 amide bonds. The molecule has 1 aromatic carbocycles. The van der Waals surface area contributed by atoms with Crippen molar-refractivity contribution in [3.05, 3.63) is 23.2 Å². The Morgan fingerprint density at radius 2 is 2.12 bits per heavy atom. The molecule has 0 aliphatic carbocycles. The van der Waals surface area contributed by atoms with Gasteiger partial charge in [0.15, 0.2) is 0 Å². The van der Waals surface area contributed by atoms with Crippen molar-refractivity contribution in [1.29, 1.82) is 0 Å². The Balaban J connectivity index is 2.20. The normalized spacial score (nSPS) is 15.7. The molecule has 1 saturated heterocycles. The fourth-order valence-corrected chi connectivity index (χ4v) is 1.91. The molecule has 1 aliphatic heterocycles. The molecule has 0 unspecified atom stereocenters. The van der Waals surface area contributed by atoms with Crippen molar-refractivity contribution in [3.8, 4) is 0 Å². The molecule has 0 bridgehead atoms. The average Bonchev–Trinajstić information content (AvgIpc) is 2.32. The SMILES string of the molecule is O=C(O)Nc1cc(N2CCOCC2)ccc1Cl. The molecule has 1 heterocycles. The summed E-state index contributed by atoms with van der Waals surface area (Å²) in [7, 11) is 0. The number of hydrogen-bond acceptors (Lipinski definition) is 3. The van der Waals surface area contributed by atoms with Gasteiger partial charge in [-0.3, -0.25) is 5.32 Å². The number of nitrogens with zero attached hydrogens (tertiary/aromatic N) is 1. The van der Waals surface area contributed by atoms with Gasteiger partial charge in [0.1, 0.15) is 0 Å². The predicted molar refractivity (Wildman–Crippen MR) is 66.1 cm³/mol. The minimum Gasteiger partial charge on any atom is -0.465 e. The van der Waals surface area contributed by atoms with Gasteiger partial charge in [-0.25, -0.2) is 4.79 Å². The number of halogens is 1. The minimum absolute atomic E-state index is 0.393. The summed E-state index contributed by atoms with van der Waals surface area (Å²) in [5, 5.41) is 11.4. The molecule has 1 fully saturated rings. The van der Waals surface area contributed by atoms with Crippen molar-refractivity contribution >= 4 is 29.1 Å². The van der Waals surface area contributed by atoms with Crippen molar-refractivity contribution in [2.24, 2.45) is 0 Å². The van der Waals surface area contributed by atoms with Gasteiger partial charge < -0.3 is 14.7 Å². The third-order valence-electron chi connectivity index (χ3n) is 2.57. The highest BCUT2D eigenvalue weighted by atomic mass is 35.5. The number of hydrogen-bond donors (Lipinski definition) is 2. The van der Waals surface area contributed by atoms with Gasteiger partial charge in [-0.2, -0.15) is 0 Å². The van der Waals surface area contributed by atoms with Gasteiger partial charge in [-0.05, 0) is 18.2 Å². The predicted octanol–water partition coefficient (Wildman–Crippen LogP) is 2.27. The summed E-state index contributed by atoms with van der Waals surface area (Å²) in [6.45, 7) is 2.97. The topological polar surface area (TPSA) is 61.8 Å². The van der Waals surface area contributed by atoms with Crippen LogP contribution in [0.1, 0.15) is 0 Å². The molecule has 0 atom stereocenters. The summed E-state index contributed by atoms with van der Waals surface area (Å²) in [6.07, 6.45) is -1.12. The highest BCUT2D eigenvalue weighted by Crippen LogP contribution is 2.28. The Bertz CT molecular complexity index is 419. The third-order valence-corrected chi connectivity index (χ3v) is 2.90. The first kappa shape index (κ1) is 12.0. The van der Waals surface area contributed by atoms with Gasteiger partial charge in [-0.1, -0.05) is 11.6 Å². The van der Waals surface area contributed by atoms with Crippen LogP contribution in [0.15, 0.2) is 18.2 Å². The van der Waals surface area contributed by atoms with Gasteiger partial charge in [0.05, 0.1) is 23.9 Å². The van der Waals surface area contributed by atoms with Crippen LogP contribution in [0, 0.1) is 0 Å². The average molecular weight is 257 g/mol. The largest absolute Gasteiger partial charge is 0.465 e. The monoisotopic (exact) mass is 256 g/mol. The molecule has 0 aromatic heterocycles. The van der Waals surface area contributed by atoms with Gasteiger partial charge in [0, 0.05) is 18.8 Å². The van der Waals surface area contributed by atoms with Crippen LogP contribution in [0.3, 0.4) is 0 Å². The first-order valence-electron chi connectivity index (χ1n) is 5.29. The molecule has 6 heteroatoms. The zero-order valence-electron chi connectivity index (χ0n) is 9.15. The van der Waals surface area contributed by atoms with E-state index in [1.807, 2.05) is 6.07 Å². The lowest BCUT2D eigenvalue weighted by atomic mass is 10.2. The number of anilines is 2. The van der Waals surface area contributed by atoms with E-state index in [0.29, 0.717) is 23.9 Å². The highest BCUT2D eigenvalue weighted by molar-refractivity contribution is 6.33. The van der Waals surface area contributed by atoms with Crippen molar-refractivity contribution in [3.63, 3.8) is 0 Å². The van der Waals surface area contributed by atoms with E-state index >= 15 is 0 Å². The van der Waals surface area contributed by atoms with E-state index in [1.54, 1.807) is 12.1 Å². The molecule has 2 rings (SSSR count). The van der Waals surface area contributed by atoms with Crippen LogP contribution in [-0.4, -0.2) is 37.5 Å². The van der Waals surface area contributed by atoms with E-state index in [0.717, 1.165) is 18.8 Å².